The molecule has 1 amide bonds. The Labute approximate surface area is 318 Å². The zero-order valence-electron chi connectivity index (χ0n) is 30.7. The van der Waals surface area contributed by atoms with Gasteiger partial charge in [0, 0.05) is 61.6 Å². The average Bonchev–Trinajstić information content (AvgIpc) is 3.94. The fourth-order valence-corrected chi connectivity index (χ4v) is 8.73. The number of benzene rings is 2. The molecule has 2 unspecified atom stereocenters. The number of hydrogen-bond donors (Lipinski definition) is 2. The van der Waals surface area contributed by atoms with Crippen LogP contribution in [0.3, 0.4) is 0 Å². The maximum Gasteiger partial charge on any atom is 0.417 e. The summed E-state index contributed by atoms with van der Waals surface area (Å²) in [4.78, 5) is 23.9. The second-order valence-electron chi connectivity index (χ2n) is 14.0. The van der Waals surface area contributed by atoms with Crippen molar-refractivity contribution in [2.45, 2.75) is 76.4 Å². The molecule has 55 heavy (non-hydrogen) atoms. The number of methoxy groups -OCH3 is 2. The second-order valence-corrected chi connectivity index (χ2v) is 15.1. The maximum absolute atomic E-state index is 15.9. The molecule has 0 bridgehead atoms. The fourth-order valence-electron chi connectivity index (χ4n) is 7.78. The number of fused-ring (bicyclic) bond motifs is 3. The highest BCUT2D eigenvalue weighted by Gasteiger charge is 2.39. The predicted octanol–water partition coefficient (Wildman–Crippen LogP) is 7.93. The number of halogens is 6. The summed E-state index contributed by atoms with van der Waals surface area (Å²) in [6.45, 7) is 5.80. The molecule has 2 aromatic heterocycles. The Morgan fingerprint density at radius 2 is 1.84 bits per heavy atom. The number of anilines is 2. The van der Waals surface area contributed by atoms with Crippen LogP contribution in [0.1, 0.15) is 63.0 Å². The van der Waals surface area contributed by atoms with Gasteiger partial charge in [-0.2, -0.15) is 28.4 Å². The maximum atomic E-state index is 15.9. The van der Waals surface area contributed by atoms with Crippen LogP contribution >= 0.6 is 11.3 Å². The molecule has 1 aliphatic carbocycles. The van der Waals surface area contributed by atoms with E-state index in [4.69, 9.17) is 15.2 Å². The third-order valence-corrected chi connectivity index (χ3v) is 11.6. The van der Waals surface area contributed by atoms with Crippen molar-refractivity contribution in [2.75, 3.05) is 58.0 Å². The highest BCUT2D eigenvalue weighted by molar-refractivity contribution is 7.23. The van der Waals surface area contributed by atoms with Gasteiger partial charge in [-0.3, -0.25) is 9.69 Å². The van der Waals surface area contributed by atoms with Crippen molar-refractivity contribution in [3.8, 4) is 23.2 Å². The van der Waals surface area contributed by atoms with Crippen LogP contribution in [0.15, 0.2) is 18.2 Å². The number of nitrogens with two attached hydrogens (primary N) is 1. The summed E-state index contributed by atoms with van der Waals surface area (Å²) < 4.78 is 95.4. The quantitative estimate of drug-likeness (QED) is 0.187. The monoisotopic (exact) mass is 791 g/mol. The Balaban J connectivity index is 0.000000187. The number of thiophene rings is 1. The number of hydrogen-bond acceptors (Lipinski definition) is 10. The number of nitrogen functional groups attached to an aromatic ring is 1. The van der Waals surface area contributed by atoms with Gasteiger partial charge >= 0.3 is 12.2 Å². The number of aromatic nitrogens is 2. The normalized spacial score (nSPS) is 22.0. The molecule has 4 aromatic rings. The van der Waals surface area contributed by atoms with E-state index in [9.17, 15) is 32.0 Å². The van der Waals surface area contributed by atoms with E-state index in [0.29, 0.717) is 35.9 Å². The Kier molecular flexibility index (Phi) is 12.3. The summed E-state index contributed by atoms with van der Waals surface area (Å²) in [5.74, 6) is -1.52. The van der Waals surface area contributed by atoms with Gasteiger partial charge in [-0.25, -0.2) is 13.2 Å². The fraction of sp³-hybridized carbons (Fsp3) is 0.526. The van der Waals surface area contributed by atoms with Gasteiger partial charge in [-0.05, 0) is 76.1 Å². The first kappa shape index (κ1) is 40.3. The van der Waals surface area contributed by atoms with Gasteiger partial charge in [-0.1, -0.05) is 6.07 Å². The van der Waals surface area contributed by atoms with Gasteiger partial charge in [0.1, 0.15) is 34.4 Å². The molecular formula is C38H43F6N7O3S. The van der Waals surface area contributed by atoms with Gasteiger partial charge in [0.15, 0.2) is 5.82 Å². The molecule has 8 rings (SSSR count). The van der Waals surface area contributed by atoms with Crippen molar-refractivity contribution in [2.24, 2.45) is 5.92 Å². The molecular weight excluding hydrogens is 749 g/mol. The lowest BCUT2D eigenvalue weighted by molar-refractivity contribution is -0.142. The number of ether oxygens (including phenoxy) is 2. The van der Waals surface area contributed by atoms with Crippen LogP contribution in [-0.2, 0) is 15.7 Å². The largest absolute Gasteiger partial charge is 0.467 e. The van der Waals surface area contributed by atoms with Crippen LogP contribution in [0.5, 0.6) is 6.01 Å². The summed E-state index contributed by atoms with van der Waals surface area (Å²) in [5.41, 5.74) is 2.59. The predicted molar refractivity (Wildman–Crippen MR) is 199 cm³/mol. The molecule has 296 valence electrons. The van der Waals surface area contributed by atoms with Crippen molar-refractivity contribution < 1.29 is 40.6 Å². The molecule has 2 atom stereocenters. The van der Waals surface area contributed by atoms with Crippen LogP contribution in [0, 0.1) is 28.9 Å². The Bertz CT molecular complexity index is 2070. The molecule has 17 heteroatoms. The van der Waals surface area contributed by atoms with Crippen molar-refractivity contribution in [3.63, 3.8) is 0 Å². The number of alkyl halides is 4. The number of nitriles is 1. The molecule has 4 aliphatic rings. The SMILES string of the molecule is CCNc1nc(OC)nc2c(F)c(-c3ccc(F)c4sc(N)c(C#N)c34)c(C(F)(F)F)cc12.COC1CC(C(=O)N2CCCC2)C1.FC1CC2CCCN2C1. The molecule has 5 heterocycles. The summed E-state index contributed by atoms with van der Waals surface area (Å²) in [6.07, 6.45) is 2.41. The molecule has 3 N–H and O–H groups in total. The minimum atomic E-state index is -5.00. The molecule has 3 aliphatic heterocycles. The lowest BCUT2D eigenvalue weighted by Gasteiger charge is -2.35. The molecule has 0 spiro atoms. The number of likely N-dealkylation sites (tertiary alicyclic amines) is 1. The Hall–Kier alpha value is -4.40. The minimum absolute atomic E-state index is 0.0444. The molecule has 4 fully saturated rings. The number of carbonyl (C=O) groups is 1. The summed E-state index contributed by atoms with van der Waals surface area (Å²) in [5, 5.41) is 11.8. The van der Waals surface area contributed by atoms with E-state index < -0.39 is 40.6 Å². The van der Waals surface area contributed by atoms with Gasteiger partial charge in [-0.15, -0.1) is 11.3 Å². The van der Waals surface area contributed by atoms with E-state index >= 15 is 4.39 Å². The van der Waals surface area contributed by atoms with Gasteiger partial charge < -0.3 is 25.4 Å². The van der Waals surface area contributed by atoms with Crippen molar-refractivity contribution in [3.05, 3.63) is 41.0 Å². The Morgan fingerprint density at radius 3 is 2.45 bits per heavy atom. The lowest BCUT2D eigenvalue weighted by Crippen LogP contribution is -2.43. The second kappa shape index (κ2) is 16.8. The Morgan fingerprint density at radius 1 is 1.11 bits per heavy atom. The van der Waals surface area contributed by atoms with Crippen molar-refractivity contribution in [1.29, 1.82) is 5.26 Å². The molecule has 0 radical (unpaired) electrons. The summed E-state index contributed by atoms with van der Waals surface area (Å²) >= 11 is 0.698. The number of carbonyl (C=O) groups excluding carboxylic acids is 1. The first-order chi connectivity index (χ1) is 26.3. The van der Waals surface area contributed by atoms with Crippen LogP contribution < -0.4 is 15.8 Å². The summed E-state index contributed by atoms with van der Waals surface area (Å²) in [6, 6.07) is 4.75. The number of nitrogens with zero attached hydrogens (tertiary/aromatic N) is 5. The highest BCUT2D eigenvalue weighted by Crippen LogP contribution is 2.47. The van der Waals surface area contributed by atoms with E-state index in [2.05, 4.69) is 20.2 Å². The molecule has 2 aromatic carbocycles. The third-order valence-electron chi connectivity index (χ3n) is 10.6. The first-order valence-electron chi connectivity index (χ1n) is 18.3. The molecule has 1 saturated carbocycles. The molecule has 3 saturated heterocycles. The zero-order chi connectivity index (χ0) is 39.6. The minimum Gasteiger partial charge on any atom is -0.467 e. The van der Waals surface area contributed by atoms with Crippen molar-refractivity contribution in [1.82, 2.24) is 19.8 Å². The number of rotatable bonds is 6. The summed E-state index contributed by atoms with van der Waals surface area (Å²) in [7, 11) is 2.96. The van der Waals surface area contributed by atoms with E-state index in [1.165, 1.54) is 32.8 Å². The lowest BCUT2D eigenvalue weighted by atomic mass is 9.81. The van der Waals surface area contributed by atoms with Crippen LogP contribution in [0.4, 0.5) is 37.2 Å². The van der Waals surface area contributed by atoms with Crippen LogP contribution in [0.2, 0.25) is 0 Å². The van der Waals surface area contributed by atoms with Gasteiger partial charge in [0.25, 0.3) is 0 Å². The van der Waals surface area contributed by atoms with E-state index in [1.54, 1.807) is 20.1 Å². The smallest absolute Gasteiger partial charge is 0.417 e. The number of amides is 1. The highest BCUT2D eigenvalue weighted by atomic mass is 32.1. The van der Waals surface area contributed by atoms with E-state index in [0.717, 1.165) is 57.1 Å². The molecule has 10 nitrogen and oxygen atoms in total. The standard InChI is InChI=1S/C21H14F5N5OS.C10H17NO2.C7H12FN/c1-3-29-19-9-6-11(21(24,25)26)14(15(23)16(9)30-20(31-19)32-2)8-4-5-12(22)17-13(8)10(7-27)18(28)33-17;1-13-9-6-8(7-9)10(12)11-4-2-3-5-11;8-6-4-7-2-1-3-9(7)5-6/h4-6H,3,28H2,1-2H3,(H,29,30,31);8-9H,2-7H2,1H3;6-7H,1-5H2. The zero-order valence-corrected chi connectivity index (χ0v) is 31.6. The van der Waals surface area contributed by atoms with Crippen molar-refractivity contribution >= 4 is 49.1 Å². The van der Waals surface area contributed by atoms with Gasteiger partial charge in [0.05, 0.1) is 29.0 Å². The third kappa shape index (κ3) is 8.27. The van der Waals surface area contributed by atoms with E-state index in [-0.39, 0.29) is 55.9 Å². The van der Waals surface area contributed by atoms with Gasteiger partial charge in [0.2, 0.25) is 5.91 Å². The number of nitrogens with one attached hydrogen (secondary N) is 1. The average molecular weight is 792 g/mol. The first-order valence-corrected chi connectivity index (χ1v) is 19.1. The topological polar surface area (TPSA) is 130 Å². The van der Waals surface area contributed by atoms with Crippen LogP contribution in [-0.4, -0.2) is 90.9 Å². The van der Waals surface area contributed by atoms with Crippen LogP contribution in [0.25, 0.3) is 32.1 Å². The van der Waals surface area contributed by atoms with E-state index in [1.807, 2.05) is 4.90 Å².